The van der Waals surface area contributed by atoms with Gasteiger partial charge in [0.1, 0.15) is 11.5 Å². The predicted octanol–water partition coefficient (Wildman–Crippen LogP) is 3.44. The fourth-order valence-electron chi connectivity index (χ4n) is 1.80. The number of amides is 1. The minimum atomic E-state index is -0.289. The SMILES string of the molecule is COc1cccc(N(C)C(=O)c2ccc(Br)cc2O)c1. The molecular weight excluding hydrogens is 322 g/mol. The number of ether oxygens (including phenoxy) is 1. The number of carbonyl (C=O) groups excluding carboxylic acids is 1. The normalized spacial score (nSPS) is 10.2. The first-order valence-corrected chi connectivity index (χ1v) is 6.73. The topological polar surface area (TPSA) is 49.8 Å². The van der Waals surface area contributed by atoms with Crippen molar-refractivity contribution in [2.75, 3.05) is 19.1 Å². The lowest BCUT2D eigenvalue weighted by molar-refractivity contribution is 0.0990. The molecule has 2 aromatic carbocycles. The molecule has 0 saturated carbocycles. The van der Waals surface area contributed by atoms with Crippen LogP contribution in [0.25, 0.3) is 0 Å². The van der Waals surface area contributed by atoms with E-state index >= 15 is 0 Å². The van der Waals surface area contributed by atoms with Gasteiger partial charge in [-0.25, -0.2) is 0 Å². The van der Waals surface area contributed by atoms with Crippen LogP contribution in [-0.2, 0) is 0 Å². The Balaban J connectivity index is 2.32. The van der Waals surface area contributed by atoms with Gasteiger partial charge in [0, 0.05) is 23.3 Å². The van der Waals surface area contributed by atoms with Crippen LogP contribution in [0.15, 0.2) is 46.9 Å². The maximum atomic E-state index is 12.4. The predicted molar refractivity (Wildman–Crippen MR) is 81.5 cm³/mol. The highest BCUT2D eigenvalue weighted by Gasteiger charge is 2.17. The van der Waals surface area contributed by atoms with Gasteiger partial charge in [-0.1, -0.05) is 22.0 Å². The summed E-state index contributed by atoms with van der Waals surface area (Å²) in [5, 5.41) is 9.86. The van der Waals surface area contributed by atoms with Crippen LogP contribution in [-0.4, -0.2) is 25.2 Å². The number of aromatic hydroxyl groups is 1. The molecule has 4 nitrogen and oxygen atoms in total. The number of hydrogen-bond donors (Lipinski definition) is 1. The molecule has 0 aromatic heterocycles. The lowest BCUT2D eigenvalue weighted by Gasteiger charge is -2.18. The van der Waals surface area contributed by atoms with Gasteiger partial charge in [-0.15, -0.1) is 0 Å². The van der Waals surface area contributed by atoms with Gasteiger partial charge in [0.2, 0.25) is 0 Å². The highest BCUT2D eigenvalue weighted by molar-refractivity contribution is 9.10. The zero-order valence-corrected chi connectivity index (χ0v) is 12.7. The van der Waals surface area contributed by atoms with E-state index < -0.39 is 0 Å². The van der Waals surface area contributed by atoms with E-state index in [2.05, 4.69) is 15.9 Å². The van der Waals surface area contributed by atoms with Crippen molar-refractivity contribution in [3.05, 3.63) is 52.5 Å². The molecule has 104 valence electrons. The number of methoxy groups -OCH3 is 1. The maximum Gasteiger partial charge on any atom is 0.261 e. The molecule has 1 N–H and O–H groups in total. The minimum Gasteiger partial charge on any atom is -0.507 e. The van der Waals surface area contributed by atoms with E-state index in [-0.39, 0.29) is 17.2 Å². The van der Waals surface area contributed by atoms with Crippen LogP contribution in [0, 0.1) is 0 Å². The van der Waals surface area contributed by atoms with Crippen molar-refractivity contribution >= 4 is 27.5 Å². The van der Waals surface area contributed by atoms with E-state index in [0.29, 0.717) is 11.4 Å². The van der Waals surface area contributed by atoms with E-state index in [1.165, 1.54) is 11.0 Å². The standard InChI is InChI=1S/C15H14BrNO3/c1-17(11-4-3-5-12(9-11)20-2)15(19)13-7-6-10(16)8-14(13)18/h3-9,18H,1-2H3. The molecule has 0 aliphatic heterocycles. The van der Waals surface area contributed by atoms with Crippen molar-refractivity contribution in [3.63, 3.8) is 0 Å². The monoisotopic (exact) mass is 335 g/mol. The molecule has 20 heavy (non-hydrogen) atoms. The fraction of sp³-hybridized carbons (Fsp3) is 0.133. The summed E-state index contributed by atoms with van der Waals surface area (Å²) < 4.78 is 5.85. The highest BCUT2D eigenvalue weighted by atomic mass is 79.9. The Morgan fingerprint density at radius 1 is 1.25 bits per heavy atom. The molecule has 0 unspecified atom stereocenters. The lowest BCUT2D eigenvalue weighted by Crippen LogP contribution is -2.26. The molecular formula is C15H14BrNO3. The Kier molecular flexibility index (Phi) is 4.29. The molecule has 1 amide bonds. The molecule has 0 fully saturated rings. The molecule has 2 aromatic rings. The summed E-state index contributed by atoms with van der Waals surface area (Å²) in [4.78, 5) is 13.9. The number of carbonyl (C=O) groups is 1. The fourth-order valence-corrected chi connectivity index (χ4v) is 2.15. The number of anilines is 1. The number of halogens is 1. The summed E-state index contributed by atoms with van der Waals surface area (Å²) in [5.74, 6) is 0.324. The first-order valence-electron chi connectivity index (χ1n) is 5.93. The van der Waals surface area contributed by atoms with Crippen LogP contribution in [0.1, 0.15) is 10.4 Å². The van der Waals surface area contributed by atoms with Gasteiger partial charge in [0.25, 0.3) is 5.91 Å². The second kappa shape index (κ2) is 5.96. The zero-order chi connectivity index (χ0) is 14.7. The number of benzene rings is 2. The van der Waals surface area contributed by atoms with Gasteiger partial charge in [-0.05, 0) is 30.3 Å². The average Bonchev–Trinajstić information content (AvgIpc) is 2.46. The average molecular weight is 336 g/mol. The summed E-state index contributed by atoms with van der Waals surface area (Å²) in [6.07, 6.45) is 0. The largest absolute Gasteiger partial charge is 0.507 e. The molecule has 0 bridgehead atoms. The molecule has 0 spiro atoms. The minimum absolute atomic E-state index is 0.0564. The first kappa shape index (κ1) is 14.4. The van der Waals surface area contributed by atoms with E-state index in [0.717, 1.165) is 4.47 Å². The Morgan fingerprint density at radius 2 is 2.00 bits per heavy atom. The highest BCUT2D eigenvalue weighted by Crippen LogP contribution is 2.26. The quantitative estimate of drug-likeness (QED) is 0.934. The Labute approximate surface area is 125 Å². The van der Waals surface area contributed by atoms with Crippen molar-refractivity contribution in [2.24, 2.45) is 0 Å². The van der Waals surface area contributed by atoms with Gasteiger partial charge in [0.15, 0.2) is 0 Å². The Bertz CT molecular complexity index is 643. The van der Waals surface area contributed by atoms with Gasteiger partial charge in [-0.2, -0.15) is 0 Å². The summed E-state index contributed by atoms with van der Waals surface area (Å²) in [6.45, 7) is 0. The van der Waals surface area contributed by atoms with Crippen LogP contribution in [0.5, 0.6) is 11.5 Å². The zero-order valence-electron chi connectivity index (χ0n) is 11.1. The summed E-state index contributed by atoms with van der Waals surface area (Å²) in [6, 6.07) is 12.0. The van der Waals surface area contributed by atoms with Crippen molar-refractivity contribution < 1.29 is 14.6 Å². The van der Waals surface area contributed by atoms with Crippen LogP contribution in [0.4, 0.5) is 5.69 Å². The smallest absolute Gasteiger partial charge is 0.261 e. The number of hydrogen-bond acceptors (Lipinski definition) is 3. The van der Waals surface area contributed by atoms with E-state index in [9.17, 15) is 9.90 Å². The molecule has 0 aliphatic carbocycles. The molecule has 0 atom stereocenters. The van der Waals surface area contributed by atoms with Crippen LogP contribution in [0.2, 0.25) is 0 Å². The first-order chi connectivity index (χ1) is 9.52. The summed E-state index contributed by atoms with van der Waals surface area (Å²) in [5.41, 5.74) is 0.940. The lowest BCUT2D eigenvalue weighted by atomic mass is 10.1. The van der Waals surface area contributed by atoms with Gasteiger partial charge < -0.3 is 14.7 Å². The van der Waals surface area contributed by atoms with Crippen LogP contribution < -0.4 is 9.64 Å². The molecule has 2 rings (SSSR count). The summed E-state index contributed by atoms with van der Waals surface area (Å²) in [7, 11) is 3.22. The van der Waals surface area contributed by atoms with Crippen LogP contribution in [0.3, 0.4) is 0 Å². The number of rotatable bonds is 3. The molecule has 5 heteroatoms. The number of phenols is 1. The van der Waals surface area contributed by atoms with Crippen LogP contribution >= 0.6 is 15.9 Å². The molecule has 0 radical (unpaired) electrons. The van der Waals surface area contributed by atoms with Crippen molar-refractivity contribution in [1.29, 1.82) is 0 Å². The number of phenolic OH excluding ortho intramolecular Hbond substituents is 1. The Morgan fingerprint density at radius 3 is 2.65 bits per heavy atom. The third-order valence-electron chi connectivity index (χ3n) is 2.94. The van der Waals surface area contributed by atoms with Gasteiger partial charge in [0.05, 0.1) is 12.7 Å². The van der Waals surface area contributed by atoms with E-state index in [1.54, 1.807) is 50.6 Å². The second-order valence-electron chi connectivity index (χ2n) is 4.23. The van der Waals surface area contributed by atoms with Gasteiger partial charge >= 0.3 is 0 Å². The van der Waals surface area contributed by atoms with Crippen molar-refractivity contribution in [3.8, 4) is 11.5 Å². The third kappa shape index (κ3) is 2.93. The second-order valence-corrected chi connectivity index (χ2v) is 5.14. The van der Waals surface area contributed by atoms with Crippen molar-refractivity contribution in [2.45, 2.75) is 0 Å². The van der Waals surface area contributed by atoms with Gasteiger partial charge in [-0.3, -0.25) is 4.79 Å². The maximum absolute atomic E-state index is 12.4. The van der Waals surface area contributed by atoms with E-state index in [1.807, 2.05) is 0 Å². The third-order valence-corrected chi connectivity index (χ3v) is 3.43. The molecule has 0 heterocycles. The summed E-state index contributed by atoms with van der Waals surface area (Å²) >= 11 is 3.24. The molecule has 0 aliphatic rings. The van der Waals surface area contributed by atoms with Crippen molar-refractivity contribution in [1.82, 2.24) is 0 Å². The van der Waals surface area contributed by atoms with E-state index in [4.69, 9.17) is 4.74 Å². The molecule has 0 saturated heterocycles. The Hall–Kier alpha value is -2.01. The number of nitrogens with zero attached hydrogens (tertiary/aromatic N) is 1.